The molecule has 2 unspecified atom stereocenters. The quantitative estimate of drug-likeness (QED) is 0.654. The maximum absolute atomic E-state index is 13.4. The standard InChI is InChI=1S/C20H20N2O6S2/c23-20-21-18-12-16(8-9-19(18)28-20)30(26,27)22-13-6-7-14(22)11-17(10-13)29(24,25)15-4-2-1-3-5-15/h1-5,8-9,12-14,17H,6-7,10-11H2,(H,21,23). The Morgan fingerprint density at radius 1 is 0.900 bits per heavy atom. The molecule has 2 aliphatic rings. The maximum Gasteiger partial charge on any atom is 0.417 e. The molecule has 2 fully saturated rings. The Morgan fingerprint density at radius 2 is 1.57 bits per heavy atom. The minimum Gasteiger partial charge on any atom is -0.408 e. The summed E-state index contributed by atoms with van der Waals surface area (Å²) >= 11 is 0. The highest BCUT2D eigenvalue weighted by Crippen LogP contribution is 2.43. The molecule has 8 nitrogen and oxygen atoms in total. The van der Waals surface area contributed by atoms with Crippen LogP contribution in [-0.2, 0) is 19.9 Å². The van der Waals surface area contributed by atoms with E-state index in [0.29, 0.717) is 18.4 Å². The van der Waals surface area contributed by atoms with E-state index in [-0.39, 0.29) is 40.3 Å². The Balaban J connectivity index is 1.46. The Hall–Kier alpha value is -2.43. The van der Waals surface area contributed by atoms with Gasteiger partial charge in [-0.15, -0.1) is 0 Å². The van der Waals surface area contributed by atoms with E-state index >= 15 is 0 Å². The van der Waals surface area contributed by atoms with Gasteiger partial charge >= 0.3 is 5.76 Å². The molecule has 0 aliphatic carbocycles. The number of aromatic nitrogens is 1. The van der Waals surface area contributed by atoms with Crippen molar-refractivity contribution < 1.29 is 21.3 Å². The lowest BCUT2D eigenvalue weighted by molar-refractivity contribution is 0.249. The number of fused-ring (bicyclic) bond motifs is 3. The van der Waals surface area contributed by atoms with E-state index < -0.39 is 30.9 Å². The van der Waals surface area contributed by atoms with Crippen LogP contribution in [-0.4, -0.2) is 43.5 Å². The van der Waals surface area contributed by atoms with Crippen molar-refractivity contribution in [3.8, 4) is 0 Å². The van der Waals surface area contributed by atoms with Crippen molar-refractivity contribution in [3.05, 3.63) is 59.1 Å². The van der Waals surface area contributed by atoms with Crippen LogP contribution in [0.5, 0.6) is 0 Å². The summed E-state index contributed by atoms with van der Waals surface area (Å²) in [6.07, 6.45) is 1.82. The van der Waals surface area contributed by atoms with E-state index in [1.165, 1.54) is 22.5 Å². The van der Waals surface area contributed by atoms with E-state index in [9.17, 15) is 21.6 Å². The number of hydrogen-bond acceptors (Lipinski definition) is 6. The number of sulfonamides is 1. The molecule has 0 radical (unpaired) electrons. The van der Waals surface area contributed by atoms with Gasteiger partial charge < -0.3 is 4.42 Å². The second-order valence-electron chi connectivity index (χ2n) is 7.84. The lowest BCUT2D eigenvalue weighted by atomic mass is 10.1. The predicted molar refractivity (Wildman–Crippen MR) is 109 cm³/mol. The van der Waals surface area contributed by atoms with Crippen LogP contribution in [0.25, 0.3) is 11.1 Å². The predicted octanol–water partition coefficient (Wildman–Crippen LogP) is 2.28. The zero-order chi connectivity index (χ0) is 21.1. The average molecular weight is 449 g/mol. The SMILES string of the molecule is O=c1[nH]c2cc(S(=O)(=O)N3C4CCC3CC(S(=O)(=O)c3ccccc3)C4)ccc2o1. The highest BCUT2D eigenvalue weighted by atomic mass is 32.2. The molecule has 5 rings (SSSR count). The molecule has 2 bridgehead atoms. The van der Waals surface area contributed by atoms with Gasteiger partial charge in [0, 0.05) is 12.1 Å². The van der Waals surface area contributed by atoms with Crippen LogP contribution in [0.3, 0.4) is 0 Å². The van der Waals surface area contributed by atoms with Crippen LogP contribution in [0.4, 0.5) is 0 Å². The molecule has 3 heterocycles. The molecule has 10 heteroatoms. The van der Waals surface area contributed by atoms with Crippen LogP contribution in [0.1, 0.15) is 25.7 Å². The van der Waals surface area contributed by atoms with Crippen molar-refractivity contribution in [2.24, 2.45) is 0 Å². The van der Waals surface area contributed by atoms with Gasteiger partial charge in [0.05, 0.1) is 20.6 Å². The number of oxazole rings is 1. The molecule has 30 heavy (non-hydrogen) atoms. The second kappa shape index (κ2) is 6.79. The third kappa shape index (κ3) is 3.01. The first-order valence-corrected chi connectivity index (χ1v) is 12.7. The summed E-state index contributed by atoms with van der Waals surface area (Å²) in [5, 5.41) is -0.600. The van der Waals surface area contributed by atoms with Crippen molar-refractivity contribution >= 4 is 31.0 Å². The van der Waals surface area contributed by atoms with Gasteiger partial charge in [0.1, 0.15) is 0 Å². The molecule has 3 aromatic rings. The van der Waals surface area contributed by atoms with Crippen molar-refractivity contribution in [2.45, 2.75) is 52.8 Å². The first-order valence-electron chi connectivity index (χ1n) is 9.72. The summed E-state index contributed by atoms with van der Waals surface area (Å²) in [6.45, 7) is 0. The van der Waals surface area contributed by atoms with Crippen LogP contribution in [0, 0.1) is 0 Å². The van der Waals surface area contributed by atoms with Gasteiger partial charge in [0.25, 0.3) is 0 Å². The Labute approximate surface area is 173 Å². The van der Waals surface area contributed by atoms with E-state index in [2.05, 4.69) is 4.98 Å². The van der Waals surface area contributed by atoms with Crippen LogP contribution in [0.2, 0.25) is 0 Å². The van der Waals surface area contributed by atoms with Gasteiger partial charge in [-0.2, -0.15) is 4.31 Å². The number of sulfone groups is 1. The van der Waals surface area contributed by atoms with Gasteiger partial charge in [0.2, 0.25) is 10.0 Å². The van der Waals surface area contributed by atoms with Gasteiger partial charge in [-0.05, 0) is 56.0 Å². The zero-order valence-corrected chi connectivity index (χ0v) is 17.5. The summed E-state index contributed by atoms with van der Waals surface area (Å²) < 4.78 is 59.3. The summed E-state index contributed by atoms with van der Waals surface area (Å²) in [4.78, 5) is 14.2. The molecule has 0 saturated carbocycles. The van der Waals surface area contributed by atoms with Crippen LogP contribution in [0.15, 0.2) is 67.5 Å². The summed E-state index contributed by atoms with van der Waals surface area (Å²) in [7, 11) is -7.36. The number of H-pyrrole nitrogens is 1. The molecule has 0 amide bonds. The van der Waals surface area contributed by atoms with Crippen molar-refractivity contribution in [2.75, 3.05) is 0 Å². The molecule has 158 valence electrons. The number of hydrogen-bond donors (Lipinski definition) is 1. The first-order chi connectivity index (χ1) is 14.3. The fourth-order valence-electron chi connectivity index (χ4n) is 4.75. The summed E-state index contributed by atoms with van der Waals surface area (Å²) in [5.41, 5.74) is 0.601. The fourth-order valence-corrected chi connectivity index (χ4v) is 8.54. The molecule has 1 N–H and O–H groups in total. The van der Waals surface area contributed by atoms with E-state index in [4.69, 9.17) is 4.42 Å². The molecular weight excluding hydrogens is 428 g/mol. The number of nitrogens with one attached hydrogen (secondary N) is 1. The van der Waals surface area contributed by atoms with Gasteiger partial charge in [0.15, 0.2) is 15.4 Å². The number of piperidine rings is 1. The van der Waals surface area contributed by atoms with Crippen molar-refractivity contribution in [3.63, 3.8) is 0 Å². The Bertz CT molecular complexity index is 1360. The third-order valence-corrected chi connectivity index (χ3v) is 10.3. The van der Waals surface area contributed by atoms with Crippen molar-refractivity contribution in [1.82, 2.24) is 9.29 Å². The maximum atomic E-state index is 13.4. The van der Waals surface area contributed by atoms with Gasteiger partial charge in [-0.3, -0.25) is 4.98 Å². The molecule has 2 aliphatic heterocycles. The second-order valence-corrected chi connectivity index (χ2v) is 11.9. The number of nitrogens with zero attached hydrogens (tertiary/aromatic N) is 1. The molecule has 2 saturated heterocycles. The van der Waals surface area contributed by atoms with E-state index in [0.717, 1.165) is 0 Å². The minimum absolute atomic E-state index is 0.0633. The zero-order valence-electron chi connectivity index (χ0n) is 15.9. The highest BCUT2D eigenvalue weighted by Gasteiger charge is 2.50. The lowest BCUT2D eigenvalue weighted by Gasteiger charge is -2.37. The normalized spacial score (nSPS) is 25.0. The first kappa shape index (κ1) is 19.5. The number of rotatable bonds is 4. The van der Waals surface area contributed by atoms with Crippen molar-refractivity contribution in [1.29, 1.82) is 0 Å². The molecule has 2 atom stereocenters. The monoisotopic (exact) mass is 448 g/mol. The number of benzene rings is 2. The van der Waals surface area contributed by atoms with E-state index in [1.807, 2.05) is 0 Å². The Morgan fingerprint density at radius 3 is 2.23 bits per heavy atom. The summed E-state index contributed by atoms with van der Waals surface area (Å²) in [5.74, 6) is -0.647. The topological polar surface area (TPSA) is 118 Å². The largest absolute Gasteiger partial charge is 0.417 e. The van der Waals surface area contributed by atoms with Gasteiger partial charge in [-0.1, -0.05) is 18.2 Å². The highest BCUT2D eigenvalue weighted by molar-refractivity contribution is 7.92. The van der Waals surface area contributed by atoms with E-state index in [1.54, 1.807) is 30.3 Å². The lowest BCUT2D eigenvalue weighted by Crippen LogP contribution is -2.49. The van der Waals surface area contributed by atoms with Gasteiger partial charge in [-0.25, -0.2) is 21.6 Å². The third-order valence-electron chi connectivity index (χ3n) is 6.10. The number of aromatic amines is 1. The Kier molecular flexibility index (Phi) is 4.42. The average Bonchev–Trinajstić information content (AvgIpc) is 3.23. The molecular formula is C20H20N2O6S2. The van der Waals surface area contributed by atoms with Crippen LogP contribution < -0.4 is 5.76 Å². The minimum atomic E-state index is -3.84. The fraction of sp³-hybridized carbons (Fsp3) is 0.350. The molecule has 1 aromatic heterocycles. The molecule has 2 aromatic carbocycles. The molecule has 0 spiro atoms. The summed E-state index contributed by atoms with van der Waals surface area (Å²) in [6, 6.07) is 11.9. The smallest absolute Gasteiger partial charge is 0.408 e. The van der Waals surface area contributed by atoms with Crippen LogP contribution >= 0.6 is 0 Å².